The van der Waals surface area contributed by atoms with Crippen LogP contribution in [0.25, 0.3) is 0 Å². The molecule has 2 heterocycles. The summed E-state index contributed by atoms with van der Waals surface area (Å²) in [6.07, 6.45) is 1.03. The molecule has 0 saturated heterocycles. The first-order valence-corrected chi connectivity index (χ1v) is 10.1. The molecule has 0 atom stereocenters. The molecule has 0 unspecified atom stereocenters. The second-order valence-electron chi connectivity index (χ2n) is 8.35. The lowest BCUT2D eigenvalue weighted by atomic mass is 10.1. The highest BCUT2D eigenvalue weighted by atomic mass is 79.9. The maximum atomic E-state index is 12.2. The largest absolute Gasteiger partial charge is 0.444 e. The van der Waals surface area contributed by atoms with Crippen LogP contribution in [0.15, 0.2) is 27.3 Å². The molecule has 2 N–H and O–H groups in total. The van der Waals surface area contributed by atoms with Gasteiger partial charge >= 0.3 is 6.09 Å². The molecule has 10 nitrogen and oxygen atoms in total. The molecule has 164 valence electrons. The standard InChI is InChI=1S/C19H27BrN6O4/c1-18(2,3)29-17(28)24-19(4,5)16-23-15(30-25-16)11-26(6)10-14(27)22-13-8-7-12(20)9-21-13/h7-9H,10-11H2,1-6H3,(H,24,28)(H,21,22,27). The number of halogens is 1. The van der Waals surface area contributed by atoms with Gasteiger partial charge in [0.05, 0.1) is 13.1 Å². The number of likely N-dealkylation sites (N-methyl/N-ethyl adjacent to an activating group) is 1. The minimum Gasteiger partial charge on any atom is -0.444 e. The minimum atomic E-state index is -0.896. The van der Waals surface area contributed by atoms with Crippen molar-refractivity contribution in [2.24, 2.45) is 0 Å². The minimum absolute atomic E-state index is 0.106. The number of hydrogen-bond donors (Lipinski definition) is 2. The summed E-state index contributed by atoms with van der Waals surface area (Å²) in [5, 5.41) is 9.39. The Morgan fingerprint density at radius 2 is 1.93 bits per heavy atom. The first-order chi connectivity index (χ1) is 13.8. The number of aromatic nitrogens is 3. The van der Waals surface area contributed by atoms with Crippen LogP contribution in [-0.2, 0) is 21.6 Å². The van der Waals surface area contributed by atoms with Crippen molar-refractivity contribution in [3.05, 3.63) is 34.5 Å². The Hall–Kier alpha value is -2.53. The van der Waals surface area contributed by atoms with E-state index in [1.54, 1.807) is 64.9 Å². The third-order valence-corrected chi connectivity index (χ3v) is 4.12. The summed E-state index contributed by atoms with van der Waals surface area (Å²) in [4.78, 5) is 34.4. The van der Waals surface area contributed by atoms with Crippen molar-refractivity contribution < 1.29 is 18.8 Å². The molecule has 30 heavy (non-hydrogen) atoms. The van der Waals surface area contributed by atoms with Gasteiger partial charge in [0.2, 0.25) is 11.8 Å². The Labute approximate surface area is 183 Å². The highest BCUT2D eigenvalue weighted by Crippen LogP contribution is 2.18. The van der Waals surface area contributed by atoms with Crippen molar-refractivity contribution in [2.75, 3.05) is 18.9 Å². The number of carbonyl (C=O) groups excluding carboxylic acids is 2. The van der Waals surface area contributed by atoms with Gasteiger partial charge < -0.3 is 19.9 Å². The molecule has 0 saturated carbocycles. The fraction of sp³-hybridized carbons (Fsp3) is 0.526. The number of alkyl carbamates (subject to hydrolysis) is 1. The van der Waals surface area contributed by atoms with Gasteiger partial charge in [-0.1, -0.05) is 5.16 Å². The van der Waals surface area contributed by atoms with Gasteiger partial charge in [-0.25, -0.2) is 9.78 Å². The zero-order valence-electron chi connectivity index (χ0n) is 17.9. The summed E-state index contributed by atoms with van der Waals surface area (Å²) < 4.78 is 11.4. The Balaban J connectivity index is 1.89. The molecule has 0 bridgehead atoms. The normalized spacial score (nSPS) is 12.0. The SMILES string of the molecule is CN(CC(=O)Nc1ccc(Br)cn1)Cc1nc(C(C)(C)NC(=O)OC(C)(C)C)no1. The van der Waals surface area contributed by atoms with Crippen LogP contribution in [0.3, 0.4) is 0 Å². The molecule has 0 radical (unpaired) electrons. The number of pyridine rings is 1. The third-order valence-electron chi connectivity index (χ3n) is 3.65. The van der Waals surface area contributed by atoms with Crippen LogP contribution < -0.4 is 10.6 Å². The number of nitrogens with zero attached hydrogens (tertiary/aromatic N) is 4. The van der Waals surface area contributed by atoms with Gasteiger partial charge in [-0.15, -0.1) is 0 Å². The molecule has 0 aromatic carbocycles. The molecule has 0 aliphatic heterocycles. The monoisotopic (exact) mass is 482 g/mol. The number of nitrogens with one attached hydrogen (secondary N) is 2. The molecule has 11 heteroatoms. The Kier molecular flexibility index (Phi) is 7.54. The molecule has 2 rings (SSSR count). The van der Waals surface area contributed by atoms with E-state index < -0.39 is 17.2 Å². The first kappa shape index (κ1) is 23.7. The molecular weight excluding hydrogens is 456 g/mol. The predicted molar refractivity (Wildman–Crippen MR) is 114 cm³/mol. The van der Waals surface area contributed by atoms with Crippen molar-refractivity contribution in [1.82, 2.24) is 25.3 Å². The van der Waals surface area contributed by atoms with Gasteiger partial charge in [-0.3, -0.25) is 9.69 Å². The molecular formula is C19H27BrN6O4. The van der Waals surface area contributed by atoms with E-state index in [2.05, 4.69) is 41.7 Å². The summed E-state index contributed by atoms with van der Waals surface area (Å²) in [5.74, 6) is 0.868. The smallest absolute Gasteiger partial charge is 0.408 e. The summed E-state index contributed by atoms with van der Waals surface area (Å²) >= 11 is 3.29. The van der Waals surface area contributed by atoms with Crippen molar-refractivity contribution >= 4 is 33.7 Å². The van der Waals surface area contributed by atoms with Crippen LogP contribution in [0, 0.1) is 0 Å². The number of anilines is 1. The summed E-state index contributed by atoms with van der Waals surface area (Å²) in [7, 11) is 1.75. The van der Waals surface area contributed by atoms with E-state index in [0.717, 1.165) is 4.47 Å². The van der Waals surface area contributed by atoms with Crippen LogP contribution in [0.4, 0.5) is 10.6 Å². The lowest BCUT2D eigenvalue weighted by molar-refractivity contribution is -0.117. The predicted octanol–water partition coefficient (Wildman–Crippen LogP) is 3.06. The van der Waals surface area contributed by atoms with Gasteiger partial charge in [0.15, 0.2) is 5.82 Å². The highest BCUT2D eigenvalue weighted by Gasteiger charge is 2.31. The van der Waals surface area contributed by atoms with E-state index in [0.29, 0.717) is 17.5 Å². The maximum Gasteiger partial charge on any atom is 0.408 e. The summed E-state index contributed by atoms with van der Waals surface area (Å²) in [6.45, 7) is 9.20. The maximum absolute atomic E-state index is 12.2. The van der Waals surface area contributed by atoms with E-state index in [-0.39, 0.29) is 19.0 Å². The molecule has 0 aliphatic rings. The van der Waals surface area contributed by atoms with E-state index in [9.17, 15) is 9.59 Å². The highest BCUT2D eigenvalue weighted by molar-refractivity contribution is 9.10. The number of ether oxygens (including phenoxy) is 1. The molecule has 2 amide bonds. The van der Waals surface area contributed by atoms with E-state index >= 15 is 0 Å². The van der Waals surface area contributed by atoms with Crippen LogP contribution in [0.5, 0.6) is 0 Å². The van der Waals surface area contributed by atoms with Crippen molar-refractivity contribution in [3.63, 3.8) is 0 Å². The molecule has 0 aliphatic carbocycles. The molecule has 0 fully saturated rings. The van der Waals surface area contributed by atoms with Crippen LogP contribution in [-0.4, -0.2) is 51.2 Å². The number of carbonyl (C=O) groups is 2. The van der Waals surface area contributed by atoms with Crippen molar-refractivity contribution in [1.29, 1.82) is 0 Å². The van der Waals surface area contributed by atoms with Crippen molar-refractivity contribution in [3.8, 4) is 0 Å². The van der Waals surface area contributed by atoms with Crippen molar-refractivity contribution in [2.45, 2.75) is 52.3 Å². The zero-order chi connectivity index (χ0) is 22.5. The van der Waals surface area contributed by atoms with Gasteiger partial charge in [0, 0.05) is 10.7 Å². The molecule has 2 aromatic rings. The van der Waals surface area contributed by atoms with Crippen LogP contribution >= 0.6 is 15.9 Å². The average Bonchev–Trinajstić information content (AvgIpc) is 3.03. The Bertz CT molecular complexity index is 876. The quantitative estimate of drug-likeness (QED) is 0.616. The summed E-state index contributed by atoms with van der Waals surface area (Å²) in [6, 6.07) is 3.49. The number of amides is 2. The second kappa shape index (κ2) is 9.52. The van der Waals surface area contributed by atoms with Gasteiger partial charge in [-0.05, 0) is 69.7 Å². The van der Waals surface area contributed by atoms with E-state index in [1.807, 2.05) is 0 Å². The van der Waals surface area contributed by atoms with E-state index in [4.69, 9.17) is 9.26 Å². The average molecular weight is 483 g/mol. The molecule has 0 spiro atoms. The fourth-order valence-corrected chi connectivity index (χ4v) is 2.59. The lowest BCUT2D eigenvalue weighted by Crippen LogP contribution is -2.44. The molecule has 2 aromatic heterocycles. The first-order valence-electron chi connectivity index (χ1n) is 9.28. The van der Waals surface area contributed by atoms with Crippen LogP contribution in [0.2, 0.25) is 0 Å². The zero-order valence-corrected chi connectivity index (χ0v) is 19.5. The second-order valence-corrected chi connectivity index (χ2v) is 9.26. The lowest BCUT2D eigenvalue weighted by Gasteiger charge is -2.26. The van der Waals surface area contributed by atoms with Crippen LogP contribution in [0.1, 0.15) is 46.3 Å². The van der Waals surface area contributed by atoms with Gasteiger partial charge in [0.1, 0.15) is 17.0 Å². The van der Waals surface area contributed by atoms with Gasteiger partial charge in [0.25, 0.3) is 0 Å². The number of hydrogen-bond acceptors (Lipinski definition) is 8. The summed E-state index contributed by atoms with van der Waals surface area (Å²) in [5.41, 5.74) is -1.51. The Morgan fingerprint density at radius 3 is 2.53 bits per heavy atom. The fourth-order valence-electron chi connectivity index (χ4n) is 2.35. The van der Waals surface area contributed by atoms with Gasteiger partial charge in [-0.2, -0.15) is 4.98 Å². The third kappa shape index (κ3) is 7.71. The topological polar surface area (TPSA) is 122 Å². The Morgan fingerprint density at radius 1 is 1.23 bits per heavy atom. The number of rotatable bonds is 7. The van der Waals surface area contributed by atoms with E-state index in [1.165, 1.54) is 0 Å².